The molecule has 1 aliphatic heterocycles. The van der Waals surface area contributed by atoms with Crippen molar-refractivity contribution in [3.63, 3.8) is 0 Å². The summed E-state index contributed by atoms with van der Waals surface area (Å²) in [5.41, 5.74) is 0.772. The normalized spacial score (nSPS) is 25.3. The summed E-state index contributed by atoms with van der Waals surface area (Å²) in [6, 6.07) is 5.08. The maximum Gasteiger partial charge on any atom is 0.137 e. The van der Waals surface area contributed by atoms with Crippen LogP contribution in [0.15, 0.2) is 22.7 Å². The third-order valence-electron chi connectivity index (χ3n) is 4.02. The van der Waals surface area contributed by atoms with E-state index in [1.54, 1.807) is 12.1 Å². The quantitative estimate of drug-likeness (QED) is 0.880. The monoisotopic (exact) mass is 329 g/mol. The Labute approximate surface area is 122 Å². The van der Waals surface area contributed by atoms with Gasteiger partial charge in [0, 0.05) is 6.04 Å². The maximum absolute atomic E-state index is 13.2. The van der Waals surface area contributed by atoms with E-state index in [1.165, 1.54) is 18.9 Å². The summed E-state index contributed by atoms with van der Waals surface area (Å²) in [5, 5.41) is 13.7. The molecule has 3 unspecified atom stereocenters. The highest BCUT2D eigenvalue weighted by molar-refractivity contribution is 9.10. The van der Waals surface area contributed by atoms with E-state index in [0.29, 0.717) is 16.9 Å². The third kappa shape index (κ3) is 4.01. The molecule has 1 aromatic carbocycles. The fourth-order valence-corrected chi connectivity index (χ4v) is 3.17. The Morgan fingerprint density at radius 1 is 1.53 bits per heavy atom. The number of halogens is 2. The molecule has 0 saturated carbocycles. The third-order valence-corrected chi connectivity index (χ3v) is 4.62. The van der Waals surface area contributed by atoms with E-state index in [9.17, 15) is 9.50 Å². The SMILES string of the molecule is CCC1CCNC(CC(O)c2ccc(F)c(Br)c2)C1. The van der Waals surface area contributed by atoms with Crippen LogP contribution in [0.4, 0.5) is 4.39 Å². The zero-order valence-corrected chi connectivity index (χ0v) is 12.8. The molecule has 0 amide bonds. The van der Waals surface area contributed by atoms with Gasteiger partial charge in [-0.25, -0.2) is 4.39 Å². The highest BCUT2D eigenvalue weighted by Gasteiger charge is 2.23. The topological polar surface area (TPSA) is 32.3 Å². The van der Waals surface area contributed by atoms with E-state index < -0.39 is 6.10 Å². The second kappa shape index (κ2) is 6.82. The van der Waals surface area contributed by atoms with Gasteiger partial charge < -0.3 is 10.4 Å². The van der Waals surface area contributed by atoms with E-state index in [2.05, 4.69) is 28.2 Å². The van der Waals surface area contributed by atoms with Crippen molar-refractivity contribution in [3.8, 4) is 0 Å². The van der Waals surface area contributed by atoms with Gasteiger partial charge >= 0.3 is 0 Å². The Bertz CT molecular complexity index is 427. The van der Waals surface area contributed by atoms with Crippen LogP contribution in [-0.4, -0.2) is 17.7 Å². The number of benzene rings is 1. The molecule has 0 spiro atoms. The molecule has 0 aliphatic carbocycles. The zero-order valence-electron chi connectivity index (χ0n) is 11.2. The van der Waals surface area contributed by atoms with Crippen molar-refractivity contribution in [2.24, 2.45) is 5.92 Å². The van der Waals surface area contributed by atoms with Gasteiger partial charge in [0.15, 0.2) is 0 Å². The Morgan fingerprint density at radius 3 is 3.00 bits per heavy atom. The fraction of sp³-hybridized carbons (Fsp3) is 0.600. The molecule has 4 heteroatoms. The number of aliphatic hydroxyl groups is 1. The van der Waals surface area contributed by atoms with Crippen molar-refractivity contribution in [2.45, 2.75) is 44.8 Å². The summed E-state index contributed by atoms with van der Waals surface area (Å²) in [5.74, 6) is 0.469. The van der Waals surface area contributed by atoms with Crippen LogP contribution >= 0.6 is 15.9 Å². The van der Waals surface area contributed by atoms with Crippen molar-refractivity contribution in [1.82, 2.24) is 5.32 Å². The van der Waals surface area contributed by atoms with Crippen LogP contribution in [0, 0.1) is 11.7 Å². The molecular weight excluding hydrogens is 309 g/mol. The Kier molecular flexibility index (Phi) is 5.37. The second-order valence-corrected chi connectivity index (χ2v) is 6.23. The molecule has 2 N–H and O–H groups in total. The predicted octanol–water partition coefficient (Wildman–Crippen LogP) is 3.79. The minimum absolute atomic E-state index is 0.294. The lowest BCUT2D eigenvalue weighted by molar-refractivity contribution is 0.135. The highest BCUT2D eigenvalue weighted by Crippen LogP contribution is 2.28. The van der Waals surface area contributed by atoms with Gasteiger partial charge in [-0.15, -0.1) is 0 Å². The summed E-state index contributed by atoms with van der Waals surface area (Å²) < 4.78 is 13.6. The van der Waals surface area contributed by atoms with Crippen LogP contribution in [0.25, 0.3) is 0 Å². The number of aliphatic hydroxyl groups excluding tert-OH is 1. The van der Waals surface area contributed by atoms with Gasteiger partial charge in [0.1, 0.15) is 5.82 Å². The van der Waals surface area contributed by atoms with Gasteiger partial charge in [-0.2, -0.15) is 0 Å². The van der Waals surface area contributed by atoms with Crippen molar-refractivity contribution in [2.75, 3.05) is 6.54 Å². The molecule has 1 heterocycles. The van der Waals surface area contributed by atoms with Gasteiger partial charge in [-0.3, -0.25) is 0 Å². The second-order valence-electron chi connectivity index (χ2n) is 5.37. The van der Waals surface area contributed by atoms with Crippen molar-refractivity contribution >= 4 is 15.9 Å². The first-order valence-electron chi connectivity index (χ1n) is 6.96. The molecular formula is C15H21BrFNO. The first-order valence-corrected chi connectivity index (χ1v) is 7.75. The largest absolute Gasteiger partial charge is 0.388 e. The maximum atomic E-state index is 13.2. The lowest BCUT2D eigenvalue weighted by Gasteiger charge is -2.31. The van der Waals surface area contributed by atoms with Gasteiger partial charge in [0.2, 0.25) is 0 Å². The van der Waals surface area contributed by atoms with Crippen LogP contribution < -0.4 is 5.32 Å². The molecule has 2 rings (SSSR count). The number of hydrogen-bond donors (Lipinski definition) is 2. The summed E-state index contributed by atoms with van der Waals surface area (Å²) in [6.45, 7) is 3.25. The van der Waals surface area contributed by atoms with Crippen LogP contribution in [-0.2, 0) is 0 Å². The van der Waals surface area contributed by atoms with Gasteiger partial charge in [-0.05, 0) is 65.4 Å². The number of nitrogens with one attached hydrogen (secondary N) is 1. The minimum Gasteiger partial charge on any atom is -0.388 e. The van der Waals surface area contributed by atoms with Gasteiger partial charge in [0.05, 0.1) is 10.6 Å². The van der Waals surface area contributed by atoms with E-state index in [0.717, 1.165) is 24.4 Å². The molecule has 1 fully saturated rings. The molecule has 3 atom stereocenters. The minimum atomic E-state index is -0.537. The van der Waals surface area contributed by atoms with Crippen LogP contribution in [0.5, 0.6) is 0 Å². The van der Waals surface area contributed by atoms with Crippen LogP contribution in [0.2, 0.25) is 0 Å². The first-order chi connectivity index (χ1) is 9.10. The van der Waals surface area contributed by atoms with Crippen LogP contribution in [0.1, 0.15) is 44.3 Å². The Morgan fingerprint density at radius 2 is 2.32 bits per heavy atom. The molecule has 0 aromatic heterocycles. The fourth-order valence-electron chi connectivity index (χ4n) is 2.77. The number of rotatable bonds is 4. The zero-order chi connectivity index (χ0) is 13.8. The highest BCUT2D eigenvalue weighted by atomic mass is 79.9. The smallest absolute Gasteiger partial charge is 0.137 e. The van der Waals surface area contributed by atoms with Crippen molar-refractivity contribution < 1.29 is 9.50 Å². The number of piperidine rings is 1. The lowest BCUT2D eigenvalue weighted by atomic mass is 9.87. The Hall–Kier alpha value is -0.450. The summed E-state index contributed by atoms with van der Waals surface area (Å²) in [4.78, 5) is 0. The first kappa shape index (κ1) is 14.9. The van der Waals surface area contributed by atoms with Gasteiger partial charge in [-0.1, -0.05) is 19.4 Å². The van der Waals surface area contributed by atoms with Gasteiger partial charge in [0.25, 0.3) is 0 Å². The van der Waals surface area contributed by atoms with Crippen molar-refractivity contribution in [3.05, 3.63) is 34.1 Å². The summed E-state index contributed by atoms with van der Waals surface area (Å²) in [7, 11) is 0. The average Bonchev–Trinajstić information content (AvgIpc) is 2.42. The molecule has 106 valence electrons. The Balaban J connectivity index is 1.96. The molecule has 19 heavy (non-hydrogen) atoms. The molecule has 1 aromatic rings. The van der Waals surface area contributed by atoms with E-state index in [1.807, 2.05) is 0 Å². The molecule has 2 nitrogen and oxygen atoms in total. The van der Waals surface area contributed by atoms with E-state index >= 15 is 0 Å². The average molecular weight is 330 g/mol. The molecule has 1 saturated heterocycles. The predicted molar refractivity (Wildman–Crippen MR) is 78.5 cm³/mol. The summed E-state index contributed by atoms with van der Waals surface area (Å²) in [6.07, 6.45) is 3.71. The lowest BCUT2D eigenvalue weighted by Crippen LogP contribution is -2.38. The van der Waals surface area contributed by atoms with E-state index in [4.69, 9.17) is 0 Å². The standard InChI is InChI=1S/C15H21BrFNO/c1-2-10-5-6-18-12(7-10)9-15(19)11-3-4-14(17)13(16)8-11/h3-4,8,10,12,15,18-19H,2,5-7,9H2,1H3. The van der Waals surface area contributed by atoms with Crippen LogP contribution in [0.3, 0.4) is 0 Å². The van der Waals surface area contributed by atoms with Crippen molar-refractivity contribution in [1.29, 1.82) is 0 Å². The molecule has 1 aliphatic rings. The molecule has 0 bridgehead atoms. The number of hydrogen-bond acceptors (Lipinski definition) is 2. The van der Waals surface area contributed by atoms with E-state index in [-0.39, 0.29) is 5.82 Å². The molecule has 0 radical (unpaired) electrons. The summed E-state index contributed by atoms with van der Waals surface area (Å²) >= 11 is 3.16.